The smallest absolute Gasteiger partial charge is 0.157 e. The van der Waals surface area contributed by atoms with Gasteiger partial charge in [0.1, 0.15) is 91.0 Å². The highest BCUT2D eigenvalue weighted by atomic mass is 35.5. The minimum Gasteiger partial charge on any atom is -0.497 e. The fourth-order valence-corrected chi connectivity index (χ4v) is 10.3. The first-order chi connectivity index (χ1) is 48.8. The molecule has 5 aromatic heterocycles. The number of halogens is 2. The maximum Gasteiger partial charge on any atom is 0.157 e. The number of rotatable bonds is 14. The number of aryl methyl sites for hydroxylation is 5. The number of nitrogens with one attached hydrogen (secondary N) is 2. The lowest BCUT2D eigenvalue weighted by molar-refractivity contribution is 0.414. The lowest BCUT2D eigenvalue weighted by atomic mass is 10.0. The molecule has 6 N–H and O–H groups in total. The highest BCUT2D eigenvalue weighted by molar-refractivity contribution is 6.35. The summed E-state index contributed by atoms with van der Waals surface area (Å²) in [6.07, 6.45) is 1.88. The van der Waals surface area contributed by atoms with Gasteiger partial charge in [-0.3, -0.25) is 0 Å². The van der Waals surface area contributed by atoms with E-state index in [-0.39, 0.29) is 11.1 Å². The first-order valence-electron chi connectivity index (χ1n) is 33.5. The van der Waals surface area contributed by atoms with Crippen molar-refractivity contribution in [3.8, 4) is 28.7 Å². The van der Waals surface area contributed by atoms with E-state index in [1.807, 2.05) is 193 Å². The Hall–Kier alpha value is -10.6. The van der Waals surface area contributed by atoms with Crippen molar-refractivity contribution >= 4 is 108 Å². The van der Waals surface area contributed by atoms with Crippen molar-refractivity contribution in [1.82, 2.24) is 44.9 Å². The molecule has 0 aliphatic rings. The normalized spacial score (nSPS) is 10.6. The maximum absolute atomic E-state index is 6.33. The Balaban J connectivity index is 0.000000224. The van der Waals surface area contributed by atoms with Crippen LogP contribution in [0, 0.1) is 41.5 Å². The van der Waals surface area contributed by atoms with Gasteiger partial charge in [-0.05, 0) is 204 Å². The Bertz CT molecular complexity index is 4450. The summed E-state index contributed by atoms with van der Waals surface area (Å²) < 4.78 is 26.1. The van der Waals surface area contributed by atoms with Gasteiger partial charge in [0.15, 0.2) is 11.6 Å². The largest absolute Gasteiger partial charge is 0.497 e. The zero-order valence-electron chi connectivity index (χ0n) is 64.6. The molecule has 0 radical (unpaired) electrons. The Labute approximate surface area is 619 Å². The number of aromatic nitrogens is 9. The summed E-state index contributed by atoms with van der Waals surface area (Å²) in [4.78, 5) is 47.7. The van der Waals surface area contributed by atoms with Crippen LogP contribution in [0.4, 0.5) is 63.3 Å². The summed E-state index contributed by atoms with van der Waals surface area (Å²) in [5.74, 6) is 10.9. The van der Waals surface area contributed by atoms with E-state index in [1.54, 1.807) is 56.4 Å². The molecule has 0 amide bonds. The lowest BCUT2D eigenvalue weighted by Gasteiger charge is -2.34. The molecule has 0 saturated carbocycles. The second kappa shape index (κ2) is 38.5. The molecule has 0 saturated heterocycles. The van der Waals surface area contributed by atoms with Crippen molar-refractivity contribution in [1.29, 1.82) is 0 Å². The number of fused-ring (bicyclic) bond motifs is 2. The van der Waals surface area contributed by atoms with Crippen LogP contribution in [0.2, 0.25) is 10.0 Å². The van der Waals surface area contributed by atoms with Crippen LogP contribution in [0.3, 0.4) is 0 Å². The molecular formula is C79H105Cl2N17O5. The van der Waals surface area contributed by atoms with Crippen LogP contribution >= 0.6 is 23.2 Å². The number of anilines is 11. The van der Waals surface area contributed by atoms with Crippen LogP contribution in [-0.4, -0.2) is 134 Å². The highest BCUT2D eigenvalue weighted by Crippen LogP contribution is 2.36. The molecule has 6 aromatic carbocycles. The van der Waals surface area contributed by atoms with Gasteiger partial charge in [0.05, 0.1) is 46.6 Å². The van der Waals surface area contributed by atoms with E-state index in [0.717, 1.165) is 90.9 Å². The Kier molecular flexibility index (Phi) is 31.0. The van der Waals surface area contributed by atoms with Gasteiger partial charge in [0.25, 0.3) is 0 Å². The number of aromatic amines is 1. The molecule has 5 heterocycles. The average molecular weight is 1440 g/mol. The second-order valence-electron chi connectivity index (χ2n) is 25.3. The summed E-state index contributed by atoms with van der Waals surface area (Å²) in [5, 5.41) is 7.30. The SMILES string of the molecule is CC.CNc1nc(C)nc(N(C)c2ccc(OC)cc2)c1Cl.COc1ccc(N(C)c2nc(C)nc(N)c2C)cc1.COc1ccc(N(C)c2nc(C)nc3[nH]ccc23)cc1.COc1cccc(N(C)C(C)(C)C)c1.COc1cccc2cc(N(C)C(C)(C)C)ccc12.Cc1nc(C)c(Cl)c(N)n1. The highest BCUT2D eigenvalue weighted by Gasteiger charge is 2.21. The van der Waals surface area contributed by atoms with Crippen LogP contribution in [-0.2, 0) is 0 Å². The van der Waals surface area contributed by atoms with Crippen molar-refractivity contribution in [3.05, 3.63) is 190 Å². The molecule has 103 heavy (non-hydrogen) atoms. The van der Waals surface area contributed by atoms with Gasteiger partial charge in [-0.15, -0.1) is 0 Å². The first kappa shape index (κ1) is 83.1. The van der Waals surface area contributed by atoms with Gasteiger partial charge < -0.3 is 70.0 Å². The number of nitrogen functional groups attached to an aromatic ring is 2. The van der Waals surface area contributed by atoms with Gasteiger partial charge in [-0.1, -0.05) is 55.2 Å². The Morgan fingerprint density at radius 3 is 1.33 bits per heavy atom. The molecule has 0 unspecified atom stereocenters. The van der Waals surface area contributed by atoms with E-state index in [2.05, 4.69) is 146 Å². The van der Waals surface area contributed by atoms with Gasteiger partial charge in [-0.2, -0.15) is 0 Å². The maximum atomic E-state index is 6.33. The minimum atomic E-state index is 0.118. The fourth-order valence-electron chi connectivity index (χ4n) is 9.91. The summed E-state index contributed by atoms with van der Waals surface area (Å²) in [6, 6.07) is 46.1. The number of ether oxygens (including phenoxy) is 5. The van der Waals surface area contributed by atoms with E-state index in [4.69, 9.17) is 58.4 Å². The zero-order chi connectivity index (χ0) is 76.6. The van der Waals surface area contributed by atoms with Crippen molar-refractivity contribution in [2.75, 3.05) is 119 Å². The number of hydrogen-bond donors (Lipinski definition) is 4. The third-order valence-electron chi connectivity index (χ3n) is 16.3. The van der Waals surface area contributed by atoms with Crippen LogP contribution < -0.4 is 65.0 Å². The van der Waals surface area contributed by atoms with Crippen LogP contribution in [0.15, 0.2) is 146 Å². The number of hydrogen-bond acceptors (Lipinski definition) is 21. The topological polar surface area (TPSA) is 245 Å². The fraction of sp³-hybridized carbons (Fsp3) is 0.342. The van der Waals surface area contributed by atoms with E-state index in [1.165, 1.54) is 16.8 Å². The first-order valence-corrected chi connectivity index (χ1v) is 34.3. The molecule has 0 aliphatic heterocycles. The predicted molar refractivity (Wildman–Crippen MR) is 431 cm³/mol. The number of nitrogens with two attached hydrogens (primary N) is 2. The van der Waals surface area contributed by atoms with Crippen LogP contribution in [0.1, 0.15) is 89.9 Å². The number of benzene rings is 6. The van der Waals surface area contributed by atoms with Crippen molar-refractivity contribution in [3.63, 3.8) is 0 Å². The molecule has 24 heteroatoms. The number of H-pyrrole nitrogens is 1. The summed E-state index contributed by atoms with van der Waals surface area (Å²) in [6.45, 7) is 28.3. The molecule has 11 rings (SSSR count). The number of methoxy groups -OCH3 is 5. The molecule has 22 nitrogen and oxygen atoms in total. The molecule has 0 atom stereocenters. The van der Waals surface area contributed by atoms with Crippen molar-refractivity contribution in [2.24, 2.45) is 0 Å². The van der Waals surface area contributed by atoms with Crippen LogP contribution in [0.25, 0.3) is 21.8 Å². The van der Waals surface area contributed by atoms with Gasteiger partial charge >= 0.3 is 0 Å². The molecule has 550 valence electrons. The molecule has 0 spiro atoms. The lowest BCUT2D eigenvalue weighted by Crippen LogP contribution is -2.37. The summed E-state index contributed by atoms with van der Waals surface area (Å²) >= 11 is 12.0. The Morgan fingerprint density at radius 2 is 0.845 bits per heavy atom. The molecule has 0 aliphatic carbocycles. The van der Waals surface area contributed by atoms with Crippen LogP contribution in [0.5, 0.6) is 28.7 Å². The third kappa shape index (κ3) is 23.0. The van der Waals surface area contributed by atoms with E-state index in [9.17, 15) is 0 Å². The second-order valence-corrected chi connectivity index (χ2v) is 26.1. The number of nitrogens with zero attached hydrogens (tertiary/aromatic N) is 13. The van der Waals surface area contributed by atoms with Crippen molar-refractivity contribution in [2.45, 2.75) is 108 Å². The molecular weight excluding hydrogens is 1340 g/mol. The average Bonchev–Trinajstić information content (AvgIpc) is 1.20. The quantitative estimate of drug-likeness (QED) is 0.0790. The predicted octanol–water partition coefficient (Wildman–Crippen LogP) is 18.1. The van der Waals surface area contributed by atoms with Gasteiger partial charge in [0, 0.05) is 105 Å². The van der Waals surface area contributed by atoms with E-state index < -0.39 is 0 Å². The zero-order valence-corrected chi connectivity index (χ0v) is 66.1. The standard InChI is InChI=1S/C16H21NO.C15H16N4O.C14H17ClN4O.C14H18N4O.C12H19NO.C6H8ClN3.C2H6/c1-16(2,3)17(4)13-9-10-14-12(11-13)7-6-8-15(14)18-5;1-10-17-14-13(8-9-16-14)15(18-10)19(2)11-4-6-12(20-3)7-5-11;1-9-17-13(16-2)12(15)14(18-9)19(3)10-5-7-11(20-4)8-6-10;1-9-13(15)16-10(2)17-14(9)18(3)11-5-7-12(19-4)8-6-11;1-12(2,3)13(4)10-7-6-8-11(9-10)14-5;1-3-5(7)6(8)10-4(2)9-3;1-2/h6-11H,1-5H3;4-9H,1-3H3,(H,16,17,18);5-8H,1-4H3,(H,16,17,18);5-8H,1-4H3,(H2,15,16,17);6-9H,1-5H3;1-2H3,(H2,8,9,10);1-2H3. The molecule has 11 aromatic rings. The molecule has 0 bridgehead atoms. The van der Waals surface area contributed by atoms with Gasteiger partial charge in [-0.25, -0.2) is 39.9 Å². The van der Waals surface area contributed by atoms with E-state index in [0.29, 0.717) is 50.8 Å². The third-order valence-corrected chi connectivity index (χ3v) is 17.1. The summed E-state index contributed by atoms with van der Waals surface area (Å²) in [5.41, 5.74) is 19.5. The van der Waals surface area contributed by atoms with Crippen molar-refractivity contribution < 1.29 is 23.7 Å². The monoisotopic (exact) mass is 1440 g/mol. The van der Waals surface area contributed by atoms with E-state index >= 15 is 0 Å². The molecule has 0 fully saturated rings. The van der Waals surface area contributed by atoms with Gasteiger partial charge in [0.2, 0.25) is 0 Å². The summed E-state index contributed by atoms with van der Waals surface area (Å²) in [7, 11) is 20.2. The minimum absolute atomic E-state index is 0.118. The Morgan fingerprint density at radius 1 is 0.417 bits per heavy atom.